The summed E-state index contributed by atoms with van der Waals surface area (Å²) in [5, 5.41) is 4.43. The highest BCUT2D eigenvalue weighted by Gasteiger charge is 2.12. The molecule has 1 aromatic heterocycles. The summed E-state index contributed by atoms with van der Waals surface area (Å²) in [5.74, 6) is 0. The molecule has 1 unspecified atom stereocenters. The van der Waals surface area contributed by atoms with E-state index < -0.39 is 10.0 Å². The first-order valence-electron chi connectivity index (χ1n) is 5.91. The lowest BCUT2D eigenvalue weighted by molar-refractivity contribution is 0.539. The van der Waals surface area contributed by atoms with Crippen molar-refractivity contribution in [2.24, 2.45) is 0 Å². The van der Waals surface area contributed by atoms with Gasteiger partial charge in [0.25, 0.3) is 0 Å². The smallest absolute Gasteiger partial charge is 0.208 e. The highest BCUT2D eigenvalue weighted by molar-refractivity contribution is 7.88. The molecule has 0 amide bonds. The van der Waals surface area contributed by atoms with Crippen LogP contribution in [-0.4, -0.2) is 32.7 Å². The van der Waals surface area contributed by atoms with Crippen LogP contribution >= 0.6 is 11.3 Å². The van der Waals surface area contributed by atoms with E-state index in [1.807, 2.05) is 6.92 Å². The molecule has 1 heterocycles. The van der Waals surface area contributed by atoms with Crippen LogP contribution in [0.1, 0.15) is 35.0 Å². The molecule has 0 saturated carbocycles. The second-order valence-electron chi connectivity index (χ2n) is 4.37. The Balaban J connectivity index is 2.30. The molecule has 0 saturated heterocycles. The number of nitrogens with zero attached hydrogens (tertiary/aromatic N) is 1. The van der Waals surface area contributed by atoms with Crippen molar-refractivity contribution in [2.75, 3.05) is 19.3 Å². The van der Waals surface area contributed by atoms with Gasteiger partial charge in [0.15, 0.2) is 0 Å². The van der Waals surface area contributed by atoms with Crippen LogP contribution < -0.4 is 10.0 Å². The number of nitrogens with one attached hydrogen (secondary N) is 2. The molecular weight excluding hydrogens is 270 g/mol. The van der Waals surface area contributed by atoms with Gasteiger partial charge in [0, 0.05) is 17.5 Å². The first-order chi connectivity index (χ1) is 8.29. The Morgan fingerprint density at radius 3 is 2.50 bits per heavy atom. The Kier molecular flexibility index (Phi) is 5.71. The maximum atomic E-state index is 10.9. The Bertz CT molecular complexity index is 482. The zero-order valence-corrected chi connectivity index (χ0v) is 12.9. The summed E-state index contributed by atoms with van der Waals surface area (Å²) in [4.78, 5) is 5.73. The van der Waals surface area contributed by atoms with Crippen molar-refractivity contribution in [3.63, 3.8) is 0 Å². The van der Waals surface area contributed by atoms with E-state index in [-0.39, 0.29) is 6.04 Å². The van der Waals surface area contributed by atoms with E-state index in [9.17, 15) is 8.42 Å². The Hall–Kier alpha value is -0.500. The zero-order chi connectivity index (χ0) is 13.8. The first-order valence-corrected chi connectivity index (χ1v) is 8.62. The van der Waals surface area contributed by atoms with Gasteiger partial charge in [-0.1, -0.05) is 0 Å². The lowest BCUT2D eigenvalue weighted by Crippen LogP contribution is -2.27. The van der Waals surface area contributed by atoms with Gasteiger partial charge in [-0.05, 0) is 33.7 Å². The SMILES string of the molecule is Cc1nc(C(C)NCCCNS(C)(=O)=O)c(C)s1. The predicted molar refractivity (Wildman–Crippen MR) is 75.5 cm³/mol. The van der Waals surface area contributed by atoms with E-state index in [2.05, 4.69) is 28.9 Å². The molecule has 1 aromatic rings. The number of aryl methyl sites for hydroxylation is 2. The molecule has 0 aliphatic carbocycles. The van der Waals surface area contributed by atoms with E-state index in [1.165, 1.54) is 11.1 Å². The molecule has 0 aliphatic heterocycles. The average molecular weight is 291 g/mol. The molecule has 5 nitrogen and oxygen atoms in total. The van der Waals surface area contributed by atoms with Crippen LogP contribution in [0.4, 0.5) is 0 Å². The molecular formula is C11H21N3O2S2. The van der Waals surface area contributed by atoms with Crippen molar-refractivity contribution in [1.29, 1.82) is 0 Å². The van der Waals surface area contributed by atoms with Crippen molar-refractivity contribution in [3.05, 3.63) is 15.6 Å². The van der Waals surface area contributed by atoms with Crippen LogP contribution in [0, 0.1) is 13.8 Å². The summed E-state index contributed by atoms with van der Waals surface area (Å²) in [5.41, 5.74) is 1.09. The van der Waals surface area contributed by atoms with E-state index >= 15 is 0 Å². The number of thiazole rings is 1. The minimum atomic E-state index is -3.07. The Morgan fingerprint density at radius 2 is 2.00 bits per heavy atom. The largest absolute Gasteiger partial charge is 0.309 e. The molecule has 1 atom stereocenters. The first kappa shape index (κ1) is 15.6. The van der Waals surface area contributed by atoms with Gasteiger partial charge < -0.3 is 5.32 Å². The molecule has 2 N–H and O–H groups in total. The maximum absolute atomic E-state index is 10.9. The van der Waals surface area contributed by atoms with Gasteiger partial charge >= 0.3 is 0 Å². The van der Waals surface area contributed by atoms with Crippen LogP contribution in [0.25, 0.3) is 0 Å². The van der Waals surface area contributed by atoms with Crippen LogP contribution in [0.5, 0.6) is 0 Å². The number of hydrogen-bond donors (Lipinski definition) is 2. The topological polar surface area (TPSA) is 71.1 Å². The molecule has 104 valence electrons. The summed E-state index contributed by atoms with van der Waals surface area (Å²) in [6.07, 6.45) is 1.93. The minimum absolute atomic E-state index is 0.202. The van der Waals surface area contributed by atoms with Gasteiger partial charge in [0.05, 0.1) is 17.0 Å². The molecule has 0 radical (unpaired) electrons. The van der Waals surface area contributed by atoms with Crippen molar-refractivity contribution in [1.82, 2.24) is 15.0 Å². The zero-order valence-electron chi connectivity index (χ0n) is 11.3. The molecule has 1 rings (SSSR count). The van der Waals surface area contributed by atoms with Crippen molar-refractivity contribution in [3.8, 4) is 0 Å². The average Bonchev–Trinajstić information content (AvgIpc) is 2.55. The molecule has 0 bridgehead atoms. The molecule has 0 fully saturated rings. The van der Waals surface area contributed by atoms with Crippen molar-refractivity contribution in [2.45, 2.75) is 33.2 Å². The second-order valence-corrected chi connectivity index (χ2v) is 7.61. The van der Waals surface area contributed by atoms with E-state index in [4.69, 9.17) is 0 Å². The summed E-state index contributed by atoms with van der Waals surface area (Å²) < 4.78 is 24.2. The molecule has 7 heteroatoms. The van der Waals surface area contributed by atoms with Gasteiger partial charge in [-0.25, -0.2) is 18.1 Å². The van der Waals surface area contributed by atoms with Crippen LogP contribution in [0.3, 0.4) is 0 Å². The number of aromatic nitrogens is 1. The van der Waals surface area contributed by atoms with Crippen LogP contribution in [0.15, 0.2) is 0 Å². The van der Waals surface area contributed by atoms with Gasteiger partial charge in [0.2, 0.25) is 10.0 Å². The number of sulfonamides is 1. The minimum Gasteiger partial charge on any atom is -0.309 e. The van der Waals surface area contributed by atoms with Crippen molar-refractivity contribution >= 4 is 21.4 Å². The van der Waals surface area contributed by atoms with Gasteiger partial charge in [-0.3, -0.25) is 0 Å². The fraction of sp³-hybridized carbons (Fsp3) is 0.727. The quantitative estimate of drug-likeness (QED) is 0.744. The molecule has 0 spiro atoms. The number of rotatable bonds is 7. The summed E-state index contributed by atoms with van der Waals surface area (Å²) in [6.45, 7) is 7.38. The molecule has 0 aromatic carbocycles. The molecule has 0 aliphatic rings. The summed E-state index contributed by atoms with van der Waals surface area (Å²) in [7, 11) is -3.07. The third-order valence-electron chi connectivity index (χ3n) is 2.52. The second kappa shape index (κ2) is 6.60. The lowest BCUT2D eigenvalue weighted by atomic mass is 10.2. The third kappa shape index (κ3) is 5.43. The summed E-state index contributed by atoms with van der Waals surface area (Å²) >= 11 is 1.70. The van der Waals surface area contributed by atoms with E-state index in [0.717, 1.165) is 23.7 Å². The normalized spacial score (nSPS) is 13.8. The van der Waals surface area contributed by atoms with Crippen molar-refractivity contribution < 1.29 is 8.42 Å². The van der Waals surface area contributed by atoms with E-state index in [0.29, 0.717) is 6.54 Å². The van der Waals surface area contributed by atoms with Gasteiger partial charge in [0.1, 0.15) is 0 Å². The predicted octanol–water partition coefficient (Wildman–Crippen LogP) is 1.35. The van der Waals surface area contributed by atoms with Gasteiger partial charge in [-0.2, -0.15) is 0 Å². The molecule has 18 heavy (non-hydrogen) atoms. The highest BCUT2D eigenvalue weighted by atomic mass is 32.2. The Morgan fingerprint density at radius 1 is 1.33 bits per heavy atom. The highest BCUT2D eigenvalue weighted by Crippen LogP contribution is 2.22. The van der Waals surface area contributed by atoms with E-state index in [1.54, 1.807) is 11.3 Å². The third-order valence-corrected chi connectivity index (χ3v) is 4.15. The standard InChI is InChI=1S/C11H21N3O2S2/c1-8(11-9(2)17-10(3)14-11)12-6-5-7-13-18(4,15)16/h8,12-13H,5-7H2,1-4H3. The van der Waals surface area contributed by atoms with Crippen LogP contribution in [0.2, 0.25) is 0 Å². The fourth-order valence-corrected chi connectivity index (χ4v) is 3.14. The Labute approximate surface area is 113 Å². The monoisotopic (exact) mass is 291 g/mol. The lowest BCUT2D eigenvalue weighted by Gasteiger charge is -2.12. The van der Waals surface area contributed by atoms with Gasteiger partial charge in [-0.15, -0.1) is 11.3 Å². The maximum Gasteiger partial charge on any atom is 0.208 e. The number of hydrogen-bond acceptors (Lipinski definition) is 5. The summed E-state index contributed by atoms with van der Waals surface area (Å²) in [6, 6.07) is 0.202. The van der Waals surface area contributed by atoms with Crippen LogP contribution in [-0.2, 0) is 10.0 Å². The fourth-order valence-electron chi connectivity index (χ4n) is 1.71.